The first kappa shape index (κ1) is 28.2. The molecule has 0 saturated heterocycles. The number of carboxylic acid groups (broad SMARTS) is 1. The van der Waals surface area contributed by atoms with Crippen molar-refractivity contribution in [3.05, 3.63) is 54.1 Å². The highest BCUT2D eigenvalue weighted by Crippen LogP contribution is 2.39. The van der Waals surface area contributed by atoms with E-state index < -0.39 is 17.5 Å². The van der Waals surface area contributed by atoms with Crippen molar-refractivity contribution < 1.29 is 19.4 Å². The first-order valence-corrected chi connectivity index (χ1v) is 13.6. The largest absolute Gasteiger partial charge is 0.493 e. The lowest BCUT2D eigenvalue weighted by Gasteiger charge is -2.32. The van der Waals surface area contributed by atoms with Gasteiger partial charge in [0.2, 0.25) is 0 Å². The van der Waals surface area contributed by atoms with Crippen LogP contribution in [0.1, 0.15) is 103 Å². The van der Waals surface area contributed by atoms with E-state index in [2.05, 4.69) is 13.8 Å². The number of benzene rings is 1. The van der Waals surface area contributed by atoms with Gasteiger partial charge in [-0.15, -0.1) is 0 Å². The number of unbranched alkanes of at least 4 members (excludes halogenated alkanes) is 11. The first-order valence-electron chi connectivity index (χ1n) is 13.6. The van der Waals surface area contributed by atoms with Crippen molar-refractivity contribution >= 4 is 5.97 Å². The molecule has 0 saturated carbocycles. The van der Waals surface area contributed by atoms with Gasteiger partial charge in [0.25, 0.3) is 0 Å². The maximum absolute atomic E-state index is 11.5. The third-order valence-corrected chi connectivity index (χ3v) is 6.54. The molecule has 34 heavy (non-hydrogen) atoms. The van der Waals surface area contributed by atoms with Gasteiger partial charge in [0, 0.05) is 12.2 Å². The van der Waals surface area contributed by atoms with E-state index >= 15 is 0 Å². The van der Waals surface area contributed by atoms with Crippen LogP contribution in [0.15, 0.2) is 48.6 Å². The Kier molecular flexibility index (Phi) is 13.7. The lowest BCUT2D eigenvalue weighted by molar-refractivity contribution is -0.138. The maximum Gasteiger partial charge on any atom is 0.314 e. The van der Waals surface area contributed by atoms with E-state index in [1.54, 1.807) is 12.2 Å². The summed E-state index contributed by atoms with van der Waals surface area (Å²) in [5.74, 6) is -0.647. The van der Waals surface area contributed by atoms with Crippen molar-refractivity contribution in [2.75, 3.05) is 13.2 Å². The molecule has 0 radical (unpaired) electrons. The normalized spacial score (nSPS) is 19.4. The lowest BCUT2D eigenvalue weighted by Crippen LogP contribution is -2.30. The predicted octanol–water partition coefficient (Wildman–Crippen LogP) is 8.22. The molecule has 0 unspecified atom stereocenters. The zero-order chi connectivity index (χ0) is 24.5. The summed E-state index contributed by atoms with van der Waals surface area (Å²) in [6.07, 6.45) is 23.2. The number of aliphatic carboxylic acids is 1. The van der Waals surface area contributed by atoms with Crippen molar-refractivity contribution in [3.63, 3.8) is 0 Å². The third kappa shape index (κ3) is 9.66. The van der Waals surface area contributed by atoms with E-state index in [1.165, 1.54) is 64.2 Å². The second-order valence-corrected chi connectivity index (χ2v) is 9.46. The summed E-state index contributed by atoms with van der Waals surface area (Å²) in [4.78, 5) is 11.5. The van der Waals surface area contributed by atoms with Crippen molar-refractivity contribution in [2.24, 2.45) is 5.92 Å². The van der Waals surface area contributed by atoms with Gasteiger partial charge < -0.3 is 14.6 Å². The van der Waals surface area contributed by atoms with Gasteiger partial charge in [0.05, 0.1) is 12.5 Å². The van der Waals surface area contributed by atoms with Crippen LogP contribution in [0.4, 0.5) is 0 Å². The molecule has 1 N–H and O–H groups in total. The summed E-state index contributed by atoms with van der Waals surface area (Å²) in [6, 6.07) is 8.02. The standard InChI is InChI=1S/C30H46O4/c1-3-5-7-9-11-12-16-24-33-28-19-15-14-18-27(28)30(22-20-26(21-23-30)29(31)32)34-25-17-13-10-8-6-4-2/h14-15,18-23,26H,3-13,16-17,24-25H2,1-2H3,(H,31,32). The van der Waals surface area contributed by atoms with Gasteiger partial charge in [-0.1, -0.05) is 115 Å². The number of carboxylic acids is 1. The highest BCUT2D eigenvalue weighted by atomic mass is 16.5. The van der Waals surface area contributed by atoms with Gasteiger partial charge in [-0.25, -0.2) is 0 Å². The van der Waals surface area contributed by atoms with Gasteiger partial charge in [0.15, 0.2) is 0 Å². The van der Waals surface area contributed by atoms with Crippen molar-refractivity contribution in [3.8, 4) is 5.75 Å². The Balaban J connectivity index is 2.00. The Bertz CT molecular complexity index is 738. The molecule has 0 amide bonds. The van der Waals surface area contributed by atoms with Gasteiger partial charge in [-0.3, -0.25) is 4.79 Å². The summed E-state index contributed by atoms with van der Waals surface area (Å²) in [5.41, 5.74) is 0.159. The quantitative estimate of drug-likeness (QED) is 0.163. The van der Waals surface area contributed by atoms with Crippen molar-refractivity contribution in [1.82, 2.24) is 0 Å². The molecule has 0 aliphatic heterocycles. The summed E-state index contributed by atoms with van der Waals surface area (Å²) in [7, 11) is 0. The Morgan fingerprint density at radius 2 is 1.32 bits per heavy atom. The molecule has 2 rings (SSSR count). The van der Waals surface area contributed by atoms with E-state index in [9.17, 15) is 9.90 Å². The number of rotatable bonds is 19. The second kappa shape index (κ2) is 16.5. The highest BCUT2D eigenvalue weighted by Gasteiger charge is 2.34. The van der Waals surface area contributed by atoms with Crippen molar-refractivity contribution in [1.29, 1.82) is 0 Å². The second-order valence-electron chi connectivity index (χ2n) is 9.46. The summed E-state index contributed by atoms with van der Waals surface area (Å²) in [5, 5.41) is 9.42. The molecule has 1 aromatic carbocycles. The zero-order valence-corrected chi connectivity index (χ0v) is 21.5. The molecular formula is C30H46O4. The average Bonchev–Trinajstić information content (AvgIpc) is 2.85. The summed E-state index contributed by atoms with van der Waals surface area (Å²) < 4.78 is 12.7. The van der Waals surface area contributed by atoms with E-state index in [1.807, 2.05) is 36.4 Å². The molecule has 0 spiro atoms. The summed E-state index contributed by atoms with van der Waals surface area (Å²) in [6.45, 7) is 5.79. The molecule has 0 bridgehead atoms. The lowest BCUT2D eigenvalue weighted by atomic mass is 9.85. The van der Waals surface area contributed by atoms with E-state index in [-0.39, 0.29) is 0 Å². The fourth-order valence-corrected chi connectivity index (χ4v) is 4.41. The Morgan fingerprint density at radius 3 is 1.91 bits per heavy atom. The fourth-order valence-electron chi connectivity index (χ4n) is 4.41. The molecule has 4 nitrogen and oxygen atoms in total. The molecule has 1 aliphatic rings. The van der Waals surface area contributed by atoms with Crippen molar-refractivity contribution in [2.45, 2.75) is 103 Å². The Labute approximate surface area is 207 Å². The average molecular weight is 471 g/mol. The van der Waals surface area contributed by atoms with Gasteiger partial charge in [0.1, 0.15) is 11.4 Å². The van der Waals surface area contributed by atoms with Gasteiger partial charge in [-0.2, -0.15) is 0 Å². The SMILES string of the molecule is CCCCCCCCCOc1ccccc1C1(OCCCCCCCC)C=CC(C(=O)O)C=C1. The van der Waals surface area contributed by atoms with Gasteiger partial charge >= 0.3 is 5.97 Å². The Hall–Kier alpha value is -2.07. The van der Waals surface area contributed by atoms with Crippen LogP contribution in [0.3, 0.4) is 0 Å². The number of hydrogen-bond donors (Lipinski definition) is 1. The number of hydrogen-bond acceptors (Lipinski definition) is 3. The third-order valence-electron chi connectivity index (χ3n) is 6.54. The van der Waals surface area contributed by atoms with Crippen LogP contribution in [-0.2, 0) is 15.1 Å². The minimum Gasteiger partial charge on any atom is -0.493 e. The molecule has 0 heterocycles. The number of carbonyl (C=O) groups is 1. The molecule has 1 aromatic rings. The fraction of sp³-hybridized carbons (Fsp3) is 0.633. The molecular weight excluding hydrogens is 424 g/mol. The van der Waals surface area contributed by atoms with Crippen LogP contribution in [-0.4, -0.2) is 24.3 Å². The number of para-hydroxylation sites is 1. The predicted molar refractivity (Wildman–Crippen MR) is 140 cm³/mol. The van der Waals surface area contributed by atoms with Crippen LogP contribution < -0.4 is 4.74 Å². The Morgan fingerprint density at radius 1 is 0.794 bits per heavy atom. The molecule has 4 heteroatoms. The van der Waals surface area contributed by atoms with E-state index in [4.69, 9.17) is 9.47 Å². The monoisotopic (exact) mass is 470 g/mol. The topological polar surface area (TPSA) is 55.8 Å². The molecule has 1 aliphatic carbocycles. The molecule has 190 valence electrons. The maximum atomic E-state index is 11.5. The molecule has 0 fully saturated rings. The molecule has 0 atom stereocenters. The van der Waals surface area contributed by atoms with Crippen LogP contribution in [0.5, 0.6) is 5.75 Å². The van der Waals surface area contributed by atoms with E-state index in [0.717, 1.165) is 30.6 Å². The highest BCUT2D eigenvalue weighted by molar-refractivity contribution is 5.75. The van der Waals surface area contributed by atoms with Crippen LogP contribution in [0.2, 0.25) is 0 Å². The molecule has 0 aromatic heterocycles. The first-order chi connectivity index (χ1) is 16.6. The minimum absolute atomic E-state index is 0.619. The van der Waals surface area contributed by atoms with E-state index in [0.29, 0.717) is 13.2 Å². The smallest absolute Gasteiger partial charge is 0.314 e. The van der Waals surface area contributed by atoms with Gasteiger partial charge in [-0.05, 0) is 31.1 Å². The zero-order valence-electron chi connectivity index (χ0n) is 21.5. The van der Waals surface area contributed by atoms with Crippen LogP contribution >= 0.6 is 0 Å². The van der Waals surface area contributed by atoms with Crippen LogP contribution in [0, 0.1) is 5.92 Å². The number of ether oxygens (including phenoxy) is 2. The van der Waals surface area contributed by atoms with Crippen LogP contribution in [0.25, 0.3) is 0 Å². The summed E-state index contributed by atoms with van der Waals surface area (Å²) >= 11 is 0. The minimum atomic E-state index is -0.847.